The van der Waals surface area contributed by atoms with Gasteiger partial charge in [-0.05, 0) is 31.0 Å². The van der Waals surface area contributed by atoms with Gasteiger partial charge < -0.3 is 10.5 Å². The van der Waals surface area contributed by atoms with E-state index >= 15 is 0 Å². The van der Waals surface area contributed by atoms with Crippen molar-refractivity contribution >= 4 is 21.7 Å². The molecule has 0 spiro atoms. The minimum atomic E-state index is -3.74. The maximum Gasteiger partial charge on any atom is 0.339 e. The number of carbonyl (C=O) groups excluding carboxylic acids is 1. The Balaban J connectivity index is 2.54. The second kappa shape index (κ2) is 5.41. The van der Waals surface area contributed by atoms with E-state index in [1.165, 1.54) is 29.6 Å². The first-order valence-electron chi connectivity index (χ1n) is 6.41. The maximum absolute atomic E-state index is 12.7. The van der Waals surface area contributed by atoms with E-state index in [2.05, 4.69) is 4.74 Å². The van der Waals surface area contributed by atoms with Crippen molar-refractivity contribution in [3.63, 3.8) is 0 Å². The highest BCUT2D eigenvalue weighted by Crippen LogP contribution is 2.33. The fourth-order valence-corrected chi connectivity index (χ4v) is 4.05. The number of hydrogen-bond donors (Lipinski definition) is 1. The van der Waals surface area contributed by atoms with Crippen molar-refractivity contribution in [3.8, 4) is 0 Å². The van der Waals surface area contributed by atoms with Gasteiger partial charge in [-0.25, -0.2) is 13.2 Å². The summed E-state index contributed by atoms with van der Waals surface area (Å²) in [5.41, 5.74) is 5.97. The fourth-order valence-electron chi connectivity index (χ4n) is 2.14. The van der Waals surface area contributed by atoms with Crippen molar-refractivity contribution in [3.05, 3.63) is 23.8 Å². The number of carbonyl (C=O) groups is 1. The average Bonchev–Trinajstić information content (AvgIpc) is 3.23. The Morgan fingerprint density at radius 2 is 2.10 bits per heavy atom. The fraction of sp³-hybridized carbons (Fsp3) is 0.462. The number of hydrogen-bond acceptors (Lipinski definition) is 5. The van der Waals surface area contributed by atoms with Crippen LogP contribution in [0.2, 0.25) is 0 Å². The molecule has 1 aliphatic carbocycles. The van der Waals surface area contributed by atoms with Gasteiger partial charge >= 0.3 is 5.97 Å². The highest BCUT2D eigenvalue weighted by Gasteiger charge is 2.38. The second-order valence-corrected chi connectivity index (χ2v) is 6.55. The van der Waals surface area contributed by atoms with Crippen molar-refractivity contribution in [1.29, 1.82) is 0 Å². The summed E-state index contributed by atoms with van der Waals surface area (Å²) in [6, 6.07) is 4.21. The molecule has 1 fully saturated rings. The van der Waals surface area contributed by atoms with Crippen LogP contribution in [0, 0.1) is 0 Å². The molecule has 1 saturated carbocycles. The molecule has 2 N–H and O–H groups in total. The van der Waals surface area contributed by atoms with Gasteiger partial charge in [0.15, 0.2) is 0 Å². The summed E-state index contributed by atoms with van der Waals surface area (Å²) in [5.74, 6) is -0.685. The van der Waals surface area contributed by atoms with Gasteiger partial charge in [0.2, 0.25) is 10.0 Å². The van der Waals surface area contributed by atoms with Crippen LogP contribution >= 0.6 is 0 Å². The number of esters is 1. The summed E-state index contributed by atoms with van der Waals surface area (Å²) in [7, 11) is -2.53. The van der Waals surface area contributed by atoms with Crippen LogP contribution in [-0.4, -0.2) is 38.4 Å². The van der Waals surface area contributed by atoms with E-state index in [1.807, 2.05) is 0 Å². The van der Waals surface area contributed by atoms with Crippen molar-refractivity contribution in [2.24, 2.45) is 0 Å². The highest BCUT2D eigenvalue weighted by atomic mass is 32.2. The summed E-state index contributed by atoms with van der Waals surface area (Å²) in [6.07, 6.45) is 1.70. The normalized spacial score (nSPS) is 15.3. The number of methoxy groups -OCH3 is 1. The average molecular weight is 298 g/mol. The van der Waals surface area contributed by atoms with Gasteiger partial charge in [-0.1, -0.05) is 6.92 Å². The molecule has 0 radical (unpaired) electrons. The first-order valence-corrected chi connectivity index (χ1v) is 7.85. The van der Waals surface area contributed by atoms with Crippen molar-refractivity contribution in [2.75, 3.05) is 19.4 Å². The number of rotatable bonds is 5. The number of nitrogen functional groups attached to an aromatic ring is 1. The molecule has 6 nitrogen and oxygen atoms in total. The summed E-state index contributed by atoms with van der Waals surface area (Å²) in [5, 5.41) is 0. The molecule has 0 bridgehead atoms. The second-order valence-electron chi connectivity index (χ2n) is 4.69. The lowest BCUT2D eigenvalue weighted by Crippen LogP contribution is -2.34. The highest BCUT2D eigenvalue weighted by molar-refractivity contribution is 7.89. The van der Waals surface area contributed by atoms with Gasteiger partial charge in [0.1, 0.15) is 0 Å². The van der Waals surface area contributed by atoms with Gasteiger partial charge in [-0.2, -0.15) is 4.31 Å². The molecule has 0 amide bonds. The first kappa shape index (κ1) is 14.8. The molecular weight excluding hydrogens is 280 g/mol. The van der Waals surface area contributed by atoms with Crippen LogP contribution in [0.1, 0.15) is 30.1 Å². The Bertz CT molecular complexity index is 623. The zero-order chi connectivity index (χ0) is 14.9. The lowest BCUT2D eigenvalue weighted by Gasteiger charge is -2.21. The summed E-state index contributed by atoms with van der Waals surface area (Å²) in [6.45, 7) is 2.14. The van der Waals surface area contributed by atoms with E-state index in [4.69, 9.17) is 5.73 Å². The van der Waals surface area contributed by atoms with Crippen LogP contribution in [-0.2, 0) is 14.8 Å². The molecule has 2 rings (SSSR count). The first-order chi connectivity index (χ1) is 9.41. The molecule has 0 atom stereocenters. The Labute approximate surface area is 118 Å². The minimum Gasteiger partial charge on any atom is -0.465 e. The molecule has 0 aromatic heterocycles. The van der Waals surface area contributed by atoms with Crippen molar-refractivity contribution < 1.29 is 17.9 Å². The van der Waals surface area contributed by atoms with Crippen LogP contribution < -0.4 is 5.73 Å². The zero-order valence-electron chi connectivity index (χ0n) is 11.5. The van der Waals surface area contributed by atoms with Crippen LogP contribution in [0.15, 0.2) is 23.1 Å². The monoisotopic (exact) mass is 298 g/mol. The standard InChI is InChI=1S/C13H18N2O4S/c1-3-15(10-5-6-10)20(17,18)12-8-9(14)4-7-11(12)13(16)19-2/h4,7-8,10H,3,5-6,14H2,1-2H3. The lowest BCUT2D eigenvalue weighted by atomic mass is 10.2. The number of anilines is 1. The van der Waals surface area contributed by atoms with E-state index < -0.39 is 16.0 Å². The van der Waals surface area contributed by atoms with Crippen molar-refractivity contribution in [1.82, 2.24) is 4.31 Å². The molecule has 0 unspecified atom stereocenters. The van der Waals surface area contributed by atoms with Gasteiger partial charge in [0.05, 0.1) is 17.6 Å². The zero-order valence-corrected chi connectivity index (χ0v) is 12.3. The Hall–Kier alpha value is -1.60. The van der Waals surface area contributed by atoms with Gasteiger partial charge in [0, 0.05) is 18.3 Å². The third-order valence-electron chi connectivity index (χ3n) is 3.26. The molecule has 0 heterocycles. The number of benzene rings is 1. The van der Waals surface area contributed by atoms with E-state index in [0.717, 1.165) is 12.8 Å². The number of nitrogens with two attached hydrogens (primary N) is 1. The van der Waals surface area contributed by atoms with Crippen LogP contribution in [0.25, 0.3) is 0 Å². The smallest absolute Gasteiger partial charge is 0.339 e. The topological polar surface area (TPSA) is 89.7 Å². The molecule has 1 aliphatic rings. The van der Waals surface area contributed by atoms with Gasteiger partial charge in [0.25, 0.3) is 0 Å². The van der Waals surface area contributed by atoms with Gasteiger partial charge in [-0.3, -0.25) is 0 Å². The summed E-state index contributed by atoms with van der Waals surface area (Å²) in [4.78, 5) is 11.7. The third-order valence-corrected chi connectivity index (χ3v) is 5.33. The molecule has 0 aliphatic heterocycles. The molecule has 0 saturated heterocycles. The Kier molecular flexibility index (Phi) is 4.01. The molecular formula is C13H18N2O4S. The summed E-state index contributed by atoms with van der Waals surface area (Å²) < 4.78 is 31.5. The predicted octanol–water partition coefficient (Wildman–Crippen LogP) is 1.23. The molecule has 7 heteroatoms. The number of sulfonamides is 1. The minimum absolute atomic E-state index is 0.0146. The summed E-state index contributed by atoms with van der Waals surface area (Å²) >= 11 is 0. The predicted molar refractivity (Wildman–Crippen MR) is 74.8 cm³/mol. The van der Waals surface area contributed by atoms with E-state index in [0.29, 0.717) is 12.2 Å². The van der Waals surface area contributed by atoms with Crippen LogP contribution in [0.3, 0.4) is 0 Å². The maximum atomic E-state index is 12.7. The third kappa shape index (κ3) is 2.64. The van der Waals surface area contributed by atoms with Crippen LogP contribution in [0.4, 0.5) is 5.69 Å². The molecule has 1 aromatic rings. The molecule has 110 valence electrons. The SMILES string of the molecule is CCN(C1CC1)S(=O)(=O)c1cc(N)ccc1C(=O)OC. The van der Waals surface area contributed by atoms with E-state index in [1.54, 1.807) is 6.92 Å². The number of nitrogens with zero attached hydrogens (tertiary/aromatic N) is 1. The largest absolute Gasteiger partial charge is 0.465 e. The lowest BCUT2D eigenvalue weighted by molar-refractivity contribution is 0.0596. The van der Waals surface area contributed by atoms with E-state index in [9.17, 15) is 13.2 Å². The Morgan fingerprint density at radius 3 is 2.60 bits per heavy atom. The van der Waals surface area contributed by atoms with Crippen molar-refractivity contribution in [2.45, 2.75) is 30.7 Å². The van der Waals surface area contributed by atoms with Crippen LogP contribution in [0.5, 0.6) is 0 Å². The molecule has 1 aromatic carbocycles. The van der Waals surface area contributed by atoms with Gasteiger partial charge in [-0.15, -0.1) is 0 Å². The molecule has 20 heavy (non-hydrogen) atoms. The van der Waals surface area contributed by atoms with E-state index in [-0.39, 0.29) is 16.5 Å². The number of ether oxygens (including phenoxy) is 1. The quantitative estimate of drug-likeness (QED) is 0.652. The Morgan fingerprint density at radius 1 is 1.45 bits per heavy atom.